The summed E-state index contributed by atoms with van der Waals surface area (Å²) in [6.07, 6.45) is 3.41. The molecule has 0 bridgehead atoms. The number of aliphatic hydroxyl groups excluding tert-OH is 1. The lowest BCUT2D eigenvalue weighted by molar-refractivity contribution is 0.168. The predicted octanol–water partition coefficient (Wildman–Crippen LogP) is 2.12. The Labute approximate surface area is 92.5 Å². The molecule has 1 atom stereocenters. The van der Waals surface area contributed by atoms with Crippen LogP contribution in [0.1, 0.15) is 23.1 Å². The molecule has 78 valence electrons. The third-order valence-electron chi connectivity index (χ3n) is 2.11. The number of thiophene rings is 1. The number of aliphatic hydroxyl groups is 1. The molecule has 0 saturated heterocycles. The molecule has 2 aromatic rings. The molecule has 0 saturated carbocycles. The Hall–Kier alpha value is -1.26. The van der Waals surface area contributed by atoms with E-state index in [1.54, 1.807) is 23.7 Å². The van der Waals surface area contributed by atoms with Gasteiger partial charge in [-0.05, 0) is 34.9 Å². The Bertz CT molecular complexity index is 411. The van der Waals surface area contributed by atoms with Crippen LogP contribution in [0.4, 0.5) is 0 Å². The topological polar surface area (TPSA) is 46.0 Å². The highest BCUT2D eigenvalue weighted by atomic mass is 32.1. The molecule has 1 N–H and O–H groups in total. The number of nitrogens with zero attached hydrogens (tertiary/aromatic N) is 2. The van der Waals surface area contributed by atoms with Crippen LogP contribution in [0, 0.1) is 6.92 Å². The average molecular weight is 220 g/mol. The van der Waals surface area contributed by atoms with Crippen molar-refractivity contribution < 1.29 is 5.11 Å². The standard InChI is InChI=1S/C11H12N2OS/c1-8-5-12-11(13-6-8)10(14)4-9-2-3-15-7-9/h2-3,5-7,10,14H,4H2,1H3. The van der Waals surface area contributed by atoms with Gasteiger partial charge in [-0.1, -0.05) is 0 Å². The van der Waals surface area contributed by atoms with Gasteiger partial charge in [0.15, 0.2) is 5.82 Å². The molecule has 0 spiro atoms. The smallest absolute Gasteiger partial charge is 0.157 e. The van der Waals surface area contributed by atoms with Crippen LogP contribution in [0.25, 0.3) is 0 Å². The maximum Gasteiger partial charge on any atom is 0.157 e. The molecule has 0 fully saturated rings. The van der Waals surface area contributed by atoms with E-state index in [0.29, 0.717) is 12.2 Å². The lowest BCUT2D eigenvalue weighted by Crippen LogP contribution is -2.06. The van der Waals surface area contributed by atoms with Crippen molar-refractivity contribution in [2.45, 2.75) is 19.4 Å². The van der Waals surface area contributed by atoms with Gasteiger partial charge in [0.25, 0.3) is 0 Å². The Morgan fingerprint density at radius 3 is 2.73 bits per heavy atom. The summed E-state index contributed by atoms with van der Waals surface area (Å²) >= 11 is 1.63. The van der Waals surface area contributed by atoms with Crippen molar-refractivity contribution in [3.05, 3.63) is 46.2 Å². The minimum absolute atomic E-state index is 0.492. The second kappa shape index (κ2) is 4.51. The molecule has 2 heterocycles. The van der Waals surface area contributed by atoms with Gasteiger partial charge >= 0.3 is 0 Å². The fourth-order valence-corrected chi connectivity index (χ4v) is 1.98. The van der Waals surface area contributed by atoms with Crippen LogP contribution in [-0.2, 0) is 6.42 Å². The van der Waals surface area contributed by atoms with E-state index in [9.17, 15) is 5.11 Å². The van der Waals surface area contributed by atoms with Crippen LogP contribution < -0.4 is 0 Å². The molecule has 0 amide bonds. The summed E-state index contributed by atoms with van der Waals surface area (Å²) in [5, 5.41) is 13.9. The van der Waals surface area contributed by atoms with E-state index in [0.717, 1.165) is 11.1 Å². The lowest BCUT2D eigenvalue weighted by Gasteiger charge is -2.07. The number of aromatic nitrogens is 2. The van der Waals surface area contributed by atoms with E-state index in [1.807, 2.05) is 23.8 Å². The van der Waals surface area contributed by atoms with Gasteiger partial charge in [0.05, 0.1) is 0 Å². The average Bonchev–Trinajstić information content (AvgIpc) is 2.71. The molecule has 0 aliphatic heterocycles. The van der Waals surface area contributed by atoms with Crippen LogP contribution in [0.15, 0.2) is 29.2 Å². The highest BCUT2D eigenvalue weighted by Crippen LogP contribution is 2.16. The molecule has 3 nitrogen and oxygen atoms in total. The minimum Gasteiger partial charge on any atom is -0.385 e. The number of hydrogen-bond acceptors (Lipinski definition) is 4. The molecule has 15 heavy (non-hydrogen) atoms. The number of aryl methyl sites for hydroxylation is 1. The highest BCUT2D eigenvalue weighted by molar-refractivity contribution is 7.07. The molecule has 4 heteroatoms. The Morgan fingerprint density at radius 2 is 2.13 bits per heavy atom. The van der Waals surface area contributed by atoms with Crippen molar-refractivity contribution >= 4 is 11.3 Å². The molecule has 1 unspecified atom stereocenters. The highest BCUT2D eigenvalue weighted by Gasteiger charge is 2.11. The summed E-state index contributed by atoms with van der Waals surface area (Å²) in [6, 6.07) is 2.00. The third kappa shape index (κ3) is 2.61. The van der Waals surface area contributed by atoms with Gasteiger partial charge in [-0.25, -0.2) is 9.97 Å². The first-order chi connectivity index (χ1) is 7.25. The Kier molecular flexibility index (Phi) is 3.08. The maximum absolute atomic E-state index is 9.86. The predicted molar refractivity (Wildman–Crippen MR) is 59.8 cm³/mol. The zero-order valence-corrected chi connectivity index (χ0v) is 9.24. The Balaban J connectivity index is 2.08. The van der Waals surface area contributed by atoms with E-state index in [4.69, 9.17) is 0 Å². The molecule has 0 aliphatic rings. The van der Waals surface area contributed by atoms with Gasteiger partial charge in [0.1, 0.15) is 6.10 Å². The second-order valence-electron chi connectivity index (χ2n) is 3.47. The van der Waals surface area contributed by atoms with Gasteiger partial charge in [0, 0.05) is 18.8 Å². The number of rotatable bonds is 3. The normalized spacial score (nSPS) is 12.7. The van der Waals surface area contributed by atoms with Gasteiger partial charge in [-0.3, -0.25) is 0 Å². The van der Waals surface area contributed by atoms with Crippen LogP contribution >= 0.6 is 11.3 Å². The first kappa shape index (κ1) is 10.3. The van der Waals surface area contributed by atoms with Gasteiger partial charge in [-0.15, -0.1) is 0 Å². The van der Waals surface area contributed by atoms with Crippen LogP contribution in [0.2, 0.25) is 0 Å². The molecule has 2 aromatic heterocycles. The van der Waals surface area contributed by atoms with E-state index < -0.39 is 6.10 Å². The van der Waals surface area contributed by atoms with E-state index in [2.05, 4.69) is 9.97 Å². The van der Waals surface area contributed by atoms with Crippen LogP contribution in [0.3, 0.4) is 0 Å². The summed E-state index contributed by atoms with van der Waals surface area (Å²) in [4.78, 5) is 8.20. The quantitative estimate of drug-likeness (QED) is 0.861. The van der Waals surface area contributed by atoms with Crippen LogP contribution in [0.5, 0.6) is 0 Å². The molecule has 0 radical (unpaired) electrons. The zero-order valence-electron chi connectivity index (χ0n) is 8.42. The van der Waals surface area contributed by atoms with Crippen molar-refractivity contribution in [2.75, 3.05) is 0 Å². The van der Waals surface area contributed by atoms with Crippen molar-refractivity contribution in [1.82, 2.24) is 9.97 Å². The fraction of sp³-hybridized carbons (Fsp3) is 0.273. The fourth-order valence-electron chi connectivity index (χ4n) is 1.30. The van der Waals surface area contributed by atoms with E-state index in [-0.39, 0.29) is 0 Å². The van der Waals surface area contributed by atoms with Crippen molar-refractivity contribution in [3.63, 3.8) is 0 Å². The third-order valence-corrected chi connectivity index (χ3v) is 2.84. The molecule has 2 rings (SSSR count). The van der Waals surface area contributed by atoms with E-state index >= 15 is 0 Å². The summed E-state index contributed by atoms with van der Waals surface area (Å²) in [6.45, 7) is 1.93. The van der Waals surface area contributed by atoms with Crippen molar-refractivity contribution in [1.29, 1.82) is 0 Å². The lowest BCUT2D eigenvalue weighted by atomic mass is 10.1. The molecular weight excluding hydrogens is 208 g/mol. The van der Waals surface area contributed by atoms with Crippen molar-refractivity contribution in [2.24, 2.45) is 0 Å². The van der Waals surface area contributed by atoms with E-state index in [1.165, 1.54) is 0 Å². The summed E-state index contributed by atoms with van der Waals surface area (Å²) in [5.74, 6) is 0.492. The van der Waals surface area contributed by atoms with Crippen molar-refractivity contribution in [3.8, 4) is 0 Å². The largest absolute Gasteiger partial charge is 0.385 e. The molecular formula is C11H12N2OS. The van der Waals surface area contributed by atoms with Crippen LogP contribution in [-0.4, -0.2) is 15.1 Å². The van der Waals surface area contributed by atoms with Gasteiger partial charge in [0.2, 0.25) is 0 Å². The molecule has 0 aromatic carbocycles. The van der Waals surface area contributed by atoms with Gasteiger partial charge < -0.3 is 5.11 Å². The molecule has 0 aliphatic carbocycles. The first-order valence-electron chi connectivity index (χ1n) is 4.73. The first-order valence-corrected chi connectivity index (χ1v) is 5.67. The Morgan fingerprint density at radius 1 is 1.40 bits per heavy atom. The number of hydrogen-bond donors (Lipinski definition) is 1. The van der Waals surface area contributed by atoms with Gasteiger partial charge in [-0.2, -0.15) is 11.3 Å². The summed E-state index contributed by atoms with van der Waals surface area (Å²) < 4.78 is 0. The minimum atomic E-state index is -0.611. The second-order valence-corrected chi connectivity index (χ2v) is 4.25. The zero-order chi connectivity index (χ0) is 10.7. The monoisotopic (exact) mass is 220 g/mol. The summed E-state index contributed by atoms with van der Waals surface area (Å²) in [7, 11) is 0. The SMILES string of the molecule is Cc1cnc(C(O)Cc2ccsc2)nc1. The maximum atomic E-state index is 9.86. The summed E-state index contributed by atoms with van der Waals surface area (Å²) in [5.41, 5.74) is 2.12.